The molecule has 0 saturated carbocycles. The first-order valence-corrected chi connectivity index (χ1v) is 8.90. The van der Waals surface area contributed by atoms with Crippen LogP contribution in [0.1, 0.15) is 16.8 Å². The molecule has 0 radical (unpaired) electrons. The van der Waals surface area contributed by atoms with Crippen molar-refractivity contribution in [2.75, 3.05) is 6.61 Å². The molecule has 3 rings (SSSR count). The van der Waals surface area contributed by atoms with E-state index in [9.17, 15) is 5.26 Å². The minimum atomic E-state index is 0.592. The average Bonchev–Trinajstić information content (AvgIpc) is 3.25. The molecule has 0 aliphatic carbocycles. The lowest BCUT2D eigenvalue weighted by Gasteiger charge is -2.03. The predicted octanol–water partition coefficient (Wildman–Crippen LogP) is 5.33. The van der Waals surface area contributed by atoms with Gasteiger partial charge in [-0.3, -0.25) is 0 Å². The van der Waals surface area contributed by atoms with E-state index >= 15 is 0 Å². The van der Waals surface area contributed by atoms with Crippen LogP contribution in [0.5, 0.6) is 5.75 Å². The molecular formula is C18H14N2OS2. The number of hydrogen-bond donors (Lipinski definition) is 0. The van der Waals surface area contributed by atoms with E-state index in [-0.39, 0.29) is 0 Å². The maximum atomic E-state index is 9.39. The summed E-state index contributed by atoms with van der Waals surface area (Å²) in [7, 11) is 0. The molecule has 0 saturated heterocycles. The molecule has 0 N–H and O–H groups in total. The number of thiazole rings is 1. The van der Waals surface area contributed by atoms with Gasteiger partial charge in [-0.2, -0.15) is 5.26 Å². The van der Waals surface area contributed by atoms with Crippen LogP contribution in [0.3, 0.4) is 0 Å². The average molecular weight is 338 g/mol. The molecule has 3 nitrogen and oxygen atoms in total. The highest BCUT2D eigenvalue weighted by Crippen LogP contribution is 2.28. The zero-order valence-electron chi connectivity index (χ0n) is 12.5. The quantitative estimate of drug-likeness (QED) is 0.590. The van der Waals surface area contributed by atoms with Crippen molar-refractivity contribution in [3.05, 3.63) is 57.0 Å². The van der Waals surface area contributed by atoms with Crippen molar-refractivity contribution in [2.24, 2.45) is 0 Å². The Kier molecular flexibility index (Phi) is 4.86. The minimum Gasteiger partial charge on any atom is -0.494 e. The summed E-state index contributed by atoms with van der Waals surface area (Å²) in [4.78, 5) is 5.65. The Morgan fingerprint density at radius 1 is 1.26 bits per heavy atom. The molecule has 0 fully saturated rings. The van der Waals surface area contributed by atoms with Gasteiger partial charge in [-0.1, -0.05) is 6.07 Å². The van der Waals surface area contributed by atoms with Crippen LogP contribution in [0.4, 0.5) is 0 Å². The molecule has 0 atom stereocenters. The first-order chi connectivity index (χ1) is 11.3. The van der Waals surface area contributed by atoms with E-state index in [1.54, 1.807) is 11.3 Å². The number of hydrogen-bond acceptors (Lipinski definition) is 5. The molecule has 5 heteroatoms. The fourth-order valence-electron chi connectivity index (χ4n) is 2.08. The van der Waals surface area contributed by atoms with Crippen LogP contribution in [0.2, 0.25) is 0 Å². The number of rotatable bonds is 5. The van der Waals surface area contributed by atoms with Gasteiger partial charge in [0.05, 0.1) is 17.9 Å². The number of nitriles is 1. The van der Waals surface area contributed by atoms with E-state index in [1.165, 1.54) is 11.3 Å². The van der Waals surface area contributed by atoms with Crippen molar-refractivity contribution in [2.45, 2.75) is 6.92 Å². The van der Waals surface area contributed by atoms with Gasteiger partial charge in [-0.15, -0.1) is 22.7 Å². The minimum absolute atomic E-state index is 0.592. The second kappa shape index (κ2) is 7.23. The SMILES string of the molecule is CCOc1ccc(-c2csc(C(C#N)=Cc3cccs3)n2)cc1. The molecule has 0 aliphatic heterocycles. The number of aromatic nitrogens is 1. The summed E-state index contributed by atoms with van der Waals surface area (Å²) in [5, 5.41) is 14.1. The van der Waals surface area contributed by atoms with Gasteiger partial charge in [0.25, 0.3) is 0 Å². The van der Waals surface area contributed by atoms with E-state index in [2.05, 4.69) is 11.1 Å². The van der Waals surface area contributed by atoms with Crippen molar-refractivity contribution < 1.29 is 4.74 Å². The molecule has 0 bridgehead atoms. The highest BCUT2D eigenvalue weighted by atomic mass is 32.1. The fourth-order valence-corrected chi connectivity index (χ4v) is 3.53. The van der Waals surface area contributed by atoms with Gasteiger partial charge in [0, 0.05) is 15.8 Å². The molecule has 0 unspecified atom stereocenters. The van der Waals surface area contributed by atoms with Crippen LogP contribution < -0.4 is 4.74 Å². The highest BCUT2D eigenvalue weighted by Gasteiger charge is 2.09. The van der Waals surface area contributed by atoms with E-state index in [1.807, 2.05) is 60.2 Å². The summed E-state index contributed by atoms with van der Waals surface area (Å²) in [6.45, 7) is 2.61. The summed E-state index contributed by atoms with van der Waals surface area (Å²) >= 11 is 3.09. The predicted molar refractivity (Wildman–Crippen MR) is 96.5 cm³/mol. The van der Waals surface area contributed by atoms with Gasteiger partial charge >= 0.3 is 0 Å². The second-order valence-corrected chi connectivity index (χ2v) is 6.52. The van der Waals surface area contributed by atoms with E-state index < -0.39 is 0 Å². The molecule has 0 aliphatic rings. The van der Waals surface area contributed by atoms with E-state index in [4.69, 9.17) is 4.74 Å². The highest BCUT2D eigenvalue weighted by molar-refractivity contribution is 7.12. The molecule has 2 heterocycles. The van der Waals surface area contributed by atoms with Gasteiger partial charge in [-0.05, 0) is 48.7 Å². The van der Waals surface area contributed by atoms with Gasteiger partial charge in [0.15, 0.2) is 0 Å². The normalized spacial score (nSPS) is 11.2. The van der Waals surface area contributed by atoms with Crippen LogP contribution in [0.25, 0.3) is 22.9 Å². The monoisotopic (exact) mass is 338 g/mol. The third kappa shape index (κ3) is 3.67. The van der Waals surface area contributed by atoms with E-state index in [0.29, 0.717) is 12.2 Å². The zero-order chi connectivity index (χ0) is 16.1. The molecule has 114 valence electrons. The Labute approximate surface area is 143 Å². The largest absolute Gasteiger partial charge is 0.494 e. The zero-order valence-corrected chi connectivity index (χ0v) is 14.2. The molecular weight excluding hydrogens is 324 g/mol. The Morgan fingerprint density at radius 3 is 2.74 bits per heavy atom. The van der Waals surface area contributed by atoms with Gasteiger partial charge in [-0.25, -0.2) is 4.98 Å². The maximum Gasteiger partial charge on any atom is 0.134 e. The van der Waals surface area contributed by atoms with Crippen LogP contribution in [0, 0.1) is 11.3 Å². The Balaban J connectivity index is 1.86. The number of nitrogens with zero attached hydrogens (tertiary/aromatic N) is 2. The van der Waals surface area contributed by atoms with E-state index in [0.717, 1.165) is 26.9 Å². The van der Waals surface area contributed by atoms with Crippen LogP contribution in [-0.2, 0) is 0 Å². The number of allylic oxidation sites excluding steroid dienone is 1. The summed E-state index contributed by atoms with van der Waals surface area (Å²) in [6, 6.07) is 14.0. The Morgan fingerprint density at radius 2 is 2.09 bits per heavy atom. The molecule has 0 spiro atoms. The lowest BCUT2D eigenvalue weighted by molar-refractivity contribution is 0.340. The fraction of sp³-hybridized carbons (Fsp3) is 0.111. The molecule has 23 heavy (non-hydrogen) atoms. The Bertz CT molecular complexity index is 840. The van der Waals surface area contributed by atoms with Crippen LogP contribution >= 0.6 is 22.7 Å². The third-order valence-electron chi connectivity index (χ3n) is 3.15. The standard InChI is InChI=1S/C18H14N2OS2/c1-2-21-15-7-5-13(6-8-15)17-12-23-18(20-17)14(11-19)10-16-4-3-9-22-16/h3-10,12H,2H2,1H3. The second-order valence-electron chi connectivity index (χ2n) is 4.68. The van der Waals surface area contributed by atoms with Crippen LogP contribution in [-0.4, -0.2) is 11.6 Å². The first kappa shape index (κ1) is 15.5. The number of thiophene rings is 1. The summed E-state index contributed by atoms with van der Waals surface area (Å²) < 4.78 is 5.45. The lowest BCUT2D eigenvalue weighted by Crippen LogP contribution is -1.90. The Hall–Kier alpha value is -2.42. The maximum absolute atomic E-state index is 9.39. The van der Waals surface area contributed by atoms with Crippen molar-refractivity contribution in [3.63, 3.8) is 0 Å². The van der Waals surface area contributed by atoms with Gasteiger partial charge in [0.2, 0.25) is 0 Å². The summed E-state index contributed by atoms with van der Waals surface area (Å²) in [5.41, 5.74) is 2.49. The van der Waals surface area contributed by atoms with Crippen molar-refractivity contribution in [3.8, 4) is 23.1 Å². The third-order valence-corrected chi connectivity index (χ3v) is 4.84. The number of benzene rings is 1. The molecule has 2 aromatic heterocycles. The van der Waals surface area contributed by atoms with Gasteiger partial charge in [0.1, 0.15) is 16.8 Å². The summed E-state index contributed by atoms with van der Waals surface area (Å²) in [6.07, 6.45) is 1.88. The topological polar surface area (TPSA) is 45.9 Å². The van der Waals surface area contributed by atoms with Gasteiger partial charge < -0.3 is 4.74 Å². The van der Waals surface area contributed by atoms with Crippen molar-refractivity contribution in [1.29, 1.82) is 5.26 Å². The smallest absolute Gasteiger partial charge is 0.134 e. The number of ether oxygens (including phenoxy) is 1. The van der Waals surface area contributed by atoms with Crippen molar-refractivity contribution in [1.82, 2.24) is 4.98 Å². The summed E-state index contributed by atoms with van der Waals surface area (Å²) in [5.74, 6) is 0.849. The lowest BCUT2D eigenvalue weighted by atomic mass is 10.1. The molecule has 1 aromatic carbocycles. The van der Waals surface area contributed by atoms with Crippen LogP contribution in [0.15, 0.2) is 47.2 Å². The molecule has 0 amide bonds. The first-order valence-electron chi connectivity index (χ1n) is 7.14. The molecule has 3 aromatic rings. The van der Waals surface area contributed by atoms with Crippen molar-refractivity contribution >= 4 is 34.3 Å².